The fourth-order valence-corrected chi connectivity index (χ4v) is 3.02. The van der Waals surface area contributed by atoms with E-state index in [9.17, 15) is 4.79 Å². The number of rotatable bonds is 2. The van der Waals surface area contributed by atoms with Crippen LogP contribution in [0.1, 0.15) is 6.42 Å². The summed E-state index contributed by atoms with van der Waals surface area (Å²) >= 11 is 6.00. The Kier molecular flexibility index (Phi) is 2.72. The van der Waals surface area contributed by atoms with Crippen LogP contribution in [0.3, 0.4) is 0 Å². The molecule has 5 heteroatoms. The second-order valence-corrected chi connectivity index (χ2v) is 4.72. The van der Waals surface area contributed by atoms with Gasteiger partial charge in [-0.05, 0) is 12.2 Å². The van der Waals surface area contributed by atoms with E-state index in [1.54, 1.807) is 11.8 Å². The monoisotopic (exact) mass is 193 g/mol. The maximum Gasteiger partial charge on any atom is 0.321 e. The smallest absolute Gasteiger partial charge is 0.321 e. The Hall–Kier alpha value is 0.130. The number of nitrogens with two attached hydrogens (primary N) is 1. The molecule has 1 fully saturated rings. The van der Waals surface area contributed by atoms with Crippen LogP contribution >= 0.6 is 24.4 Å². The first kappa shape index (κ1) is 9.22. The summed E-state index contributed by atoms with van der Waals surface area (Å²) in [5, 5.41) is 8.62. The summed E-state index contributed by atoms with van der Waals surface area (Å²) in [7, 11) is 0. The normalized spacial score (nSPS) is 33.6. The van der Waals surface area contributed by atoms with E-state index in [1.165, 1.54) is 0 Å². The maximum atomic E-state index is 10.5. The molecule has 0 aromatic carbocycles. The molecule has 1 rings (SSSR count). The molecule has 64 valence electrons. The molecular weight excluding hydrogens is 182 g/mol. The van der Waals surface area contributed by atoms with Gasteiger partial charge in [-0.3, -0.25) is 4.79 Å². The van der Waals surface area contributed by atoms with Crippen LogP contribution in [0, 0.1) is 0 Å². The molecule has 0 spiro atoms. The third-order valence-electron chi connectivity index (χ3n) is 1.88. The Bertz CT molecular complexity index is 168. The molecule has 0 amide bonds. The van der Waals surface area contributed by atoms with E-state index in [1.807, 2.05) is 0 Å². The first-order valence-electron chi connectivity index (χ1n) is 3.35. The Labute approximate surface area is 75.1 Å². The standard InChI is InChI=1S/C6H11NO2S2/c7-4(5(8)9)6(10)1-2-11-3-6/h4,10H,1-3,7H2,(H,8,9). The predicted octanol–water partition coefficient (Wildman–Crippen LogP) is 0.204. The summed E-state index contributed by atoms with van der Waals surface area (Å²) < 4.78 is -0.490. The van der Waals surface area contributed by atoms with E-state index in [-0.39, 0.29) is 0 Å². The minimum absolute atomic E-state index is 0.490. The van der Waals surface area contributed by atoms with Gasteiger partial charge in [0.2, 0.25) is 0 Å². The number of carbonyl (C=O) groups is 1. The van der Waals surface area contributed by atoms with Crippen molar-refractivity contribution in [2.45, 2.75) is 17.2 Å². The first-order valence-corrected chi connectivity index (χ1v) is 4.95. The maximum absolute atomic E-state index is 10.5. The molecule has 0 aromatic rings. The van der Waals surface area contributed by atoms with Gasteiger partial charge in [0.1, 0.15) is 6.04 Å². The molecule has 0 radical (unpaired) electrons. The third kappa shape index (κ3) is 1.83. The van der Waals surface area contributed by atoms with Crippen molar-refractivity contribution in [1.82, 2.24) is 0 Å². The third-order valence-corrected chi connectivity index (χ3v) is 3.96. The molecule has 1 aliphatic rings. The lowest BCUT2D eigenvalue weighted by Crippen LogP contribution is -2.49. The van der Waals surface area contributed by atoms with Crippen molar-refractivity contribution in [3.05, 3.63) is 0 Å². The van der Waals surface area contributed by atoms with Gasteiger partial charge in [0, 0.05) is 10.5 Å². The van der Waals surface area contributed by atoms with Crippen LogP contribution in [-0.4, -0.2) is 33.4 Å². The molecule has 0 saturated carbocycles. The Morgan fingerprint density at radius 2 is 2.45 bits per heavy atom. The van der Waals surface area contributed by atoms with E-state index >= 15 is 0 Å². The van der Waals surface area contributed by atoms with Gasteiger partial charge in [-0.2, -0.15) is 24.4 Å². The number of carboxylic acids is 1. The van der Waals surface area contributed by atoms with Crippen molar-refractivity contribution in [3.8, 4) is 0 Å². The second kappa shape index (κ2) is 3.25. The van der Waals surface area contributed by atoms with Gasteiger partial charge in [-0.15, -0.1) is 0 Å². The largest absolute Gasteiger partial charge is 0.480 e. The lowest BCUT2D eigenvalue weighted by molar-refractivity contribution is -0.139. The van der Waals surface area contributed by atoms with Gasteiger partial charge < -0.3 is 10.8 Å². The van der Waals surface area contributed by atoms with Gasteiger partial charge in [0.15, 0.2) is 0 Å². The van der Waals surface area contributed by atoms with E-state index in [0.29, 0.717) is 0 Å². The first-order chi connectivity index (χ1) is 5.06. The zero-order valence-electron chi connectivity index (χ0n) is 5.99. The Morgan fingerprint density at radius 1 is 1.82 bits per heavy atom. The van der Waals surface area contributed by atoms with Gasteiger partial charge >= 0.3 is 5.97 Å². The number of hydrogen-bond donors (Lipinski definition) is 3. The number of thioether (sulfide) groups is 1. The van der Waals surface area contributed by atoms with Crippen LogP contribution < -0.4 is 5.73 Å². The van der Waals surface area contributed by atoms with Crippen LogP contribution in [0.15, 0.2) is 0 Å². The summed E-state index contributed by atoms with van der Waals surface area (Å²) in [5.74, 6) is 0.746. The number of hydrogen-bond acceptors (Lipinski definition) is 4. The average molecular weight is 193 g/mol. The molecule has 0 aliphatic carbocycles. The molecule has 0 bridgehead atoms. The second-order valence-electron chi connectivity index (χ2n) is 2.72. The zero-order valence-corrected chi connectivity index (χ0v) is 7.70. The molecule has 1 saturated heterocycles. The number of carboxylic acid groups (broad SMARTS) is 1. The summed E-state index contributed by atoms with van der Waals surface area (Å²) in [6.45, 7) is 0. The molecule has 1 aliphatic heterocycles. The summed E-state index contributed by atoms with van der Waals surface area (Å²) in [6, 6.07) is -0.833. The van der Waals surface area contributed by atoms with Crippen LogP contribution in [0.5, 0.6) is 0 Å². The molecule has 3 N–H and O–H groups in total. The molecular formula is C6H11NO2S2. The highest BCUT2D eigenvalue weighted by molar-refractivity contribution is 8.00. The van der Waals surface area contributed by atoms with Gasteiger partial charge in [-0.1, -0.05) is 0 Å². The average Bonchev–Trinajstić information content (AvgIpc) is 2.35. The number of thiol groups is 1. The lowest BCUT2D eigenvalue weighted by Gasteiger charge is -2.25. The van der Waals surface area contributed by atoms with Gasteiger partial charge in [-0.25, -0.2) is 0 Å². The van der Waals surface area contributed by atoms with Crippen molar-refractivity contribution in [1.29, 1.82) is 0 Å². The Morgan fingerprint density at radius 3 is 2.82 bits per heavy atom. The highest BCUT2D eigenvalue weighted by Crippen LogP contribution is 2.35. The SMILES string of the molecule is NC(C(=O)O)C1(S)CCSC1. The number of aliphatic carboxylic acids is 1. The quantitative estimate of drug-likeness (QED) is 0.548. The summed E-state index contributed by atoms with van der Waals surface area (Å²) in [6.07, 6.45) is 0.786. The molecule has 3 nitrogen and oxygen atoms in total. The van der Waals surface area contributed by atoms with Crippen molar-refractivity contribution < 1.29 is 9.90 Å². The Balaban J connectivity index is 2.63. The minimum Gasteiger partial charge on any atom is -0.480 e. The van der Waals surface area contributed by atoms with Crippen LogP contribution in [0.25, 0.3) is 0 Å². The van der Waals surface area contributed by atoms with E-state index in [4.69, 9.17) is 10.8 Å². The fourth-order valence-electron chi connectivity index (χ4n) is 1.05. The summed E-state index contributed by atoms with van der Waals surface area (Å²) in [5.41, 5.74) is 5.47. The highest BCUT2D eigenvalue weighted by Gasteiger charge is 2.40. The van der Waals surface area contributed by atoms with E-state index in [2.05, 4.69) is 12.6 Å². The molecule has 2 atom stereocenters. The molecule has 1 heterocycles. The van der Waals surface area contributed by atoms with Crippen molar-refractivity contribution in [3.63, 3.8) is 0 Å². The molecule has 2 unspecified atom stereocenters. The fraction of sp³-hybridized carbons (Fsp3) is 0.833. The van der Waals surface area contributed by atoms with Crippen LogP contribution in [0.4, 0.5) is 0 Å². The molecule has 0 aromatic heterocycles. The van der Waals surface area contributed by atoms with Gasteiger partial charge in [0.25, 0.3) is 0 Å². The zero-order chi connectivity index (χ0) is 8.48. The summed E-state index contributed by atoms with van der Waals surface area (Å²) in [4.78, 5) is 10.5. The van der Waals surface area contributed by atoms with E-state index < -0.39 is 16.8 Å². The minimum atomic E-state index is -0.956. The van der Waals surface area contributed by atoms with Crippen molar-refractivity contribution >= 4 is 30.4 Å². The van der Waals surface area contributed by atoms with Gasteiger partial charge in [0.05, 0.1) is 0 Å². The van der Waals surface area contributed by atoms with Crippen molar-refractivity contribution in [2.24, 2.45) is 5.73 Å². The lowest BCUT2D eigenvalue weighted by atomic mass is 9.99. The van der Waals surface area contributed by atoms with Crippen molar-refractivity contribution in [2.75, 3.05) is 11.5 Å². The molecule has 11 heavy (non-hydrogen) atoms. The van der Waals surface area contributed by atoms with E-state index in [0.717, 1.165) is 17.9 Å². The predicted molar refractivity (Wildman–Crippen MR) is 49.3 cm³/mol. The van der Waals surface area contributed by atoms with Crippen LogP contribution in [0.2, 0.25) is 0 Å². The van der Waals surface area contributed by atoms with Crippen LogP contribution in [-0.2, 0) is 4.79 Å². The topological polar surface area (TPSA) is 63.3 Å². The highest BCUT2D eigenvalue weighted by atomic mass is 32.2.